The van der Waals surface area contributed by atoms with Crippen molar-refractivity contribution >= 4 is 79.4 Å². The van der Waals surface area contributed by atoms with Crippen molar-refractivity contribution in [3.8, 4) is 11.1 Å². The molecule has 10 rings (SSSR count). The number of anilines is 6. The highest BCUT2D eigenvalue weighted by molar-refractivity contribution is 7.01. The molecule has 0 amide bonds. The zero-order chi connectivity index (χ0) is 45.5. The van der Waals surface area contributed by atoms with Gasteiger partial charge in [-0.1, -0.05) is 137 Å². The summed E-state index contributed by atoms with van der Waals surface area (Å²) in [4.78, 5) is 5.12. The third kappa shape index (κ3) is 6.47. The molecule has 0 spiro atoms. The molecular weight excluding hydrogens is 779 g/mol. The highest BCUT2D eigenvalue weighted by Gasteiger charge is 2.47. The summed E-state index contributed by atoms with van der Waals surface area (Å²) in [7, 11) is 0. The Hall–Kier alpha value is -5.94. The van der Waals surface area contributed by atoms with Crippen molar-refractivity contribution in [3.63, 3.8) is 0 Å². The van der Waals surface area contributed by atoms with Crippen molar-refractivity contribution in [1.29, 1.82) is 0 Å². The summed E-state index contributed by atoms with van der Waals surface area (Å²) in [6.45, 7) is 34.5. The van der Waals surface area contributed by atoms with E-state index in [1.165, 1.54) is 94.7 Å². The van der Waals surface area contributed by atoms with Crippen LogP contribution in [-0.4, -0.2) is 6.71 Å². The van der Waals surface area contributed by atoms with Gasteiger partial charge in [-0.05, 0) is 147 Å². The minimum Gasteiger partial charge on any atom is -0.464 e. The van der Waals surface area contributed by atoms with Gasteiger partial charge in [-0.3, -0.25) is 4.90 Å². The van der Waals surface area contributed by atoms with Crippen molar-refractivity contribution in [2.24, 2.45) is 0 Å². The summed E-state index contributed by atoms with van der Waals surface area (Å²) in [6.07, 6.45) is 1.93. The van der Waals surface area contributed by atoms with E-state index >= 15 is 0 Å². The highest BCUT2D eigenvalue weighted by atomic mass is 16.4. The Morgan fingerprint density at radius 1 is 0.516 bits per heavy atom. The quantitative estimate of drug-likeness (QED) is 0.165. The lowest BCUT2D eigenvalue weighted by Gasteiger charge is -2.44. The predicted octanol–water partition coefficient (Wildman–Crippen LogP) is 15.2. The minimum atomic E-state index is -0.0979. The summed E-state index contributed by atoms with van der Waals surface area (Å²) in [5, 5.41) is 2.29. The van der Waals surface area contributed by atoms with Gasteiger partial charge in [0.1, 0.15) is 11.2 Å². The van der Waals surface area contributed by atoms with Crippen LogP contribution in [0.4, 0.5) is 34.3 Å². The van der Waals surface area contributed by atoms with E-state index in [9.17, 15) is 0 Å². The molecule has 2 aliphatic rings. The van der Waals surface area contributed by atoms with Crippen molar-refractivity contribution in [2.75, 3.05) is 9.80 Å². The SMILES string of the molecule is Cc1cc(C(C)(C)C)cc(C)c1N1c2cc(-c3coc4ccccc34)ccc2B2c3c1cc(C(C)C)cc3N(c1c(C)cc(C(C)(C)C)cc1C)c1oc3ccc(C(C)(C)C)cc3c12. The standard InChI is InChI=1S/C59H63BN2O2/c1-33(2)39-29-48-53-49(30-39)62(55-36(5)26-42(27-37(55)6)59(13,14)15)56-52(44-31-40(57(7,8)9)21-23-51(44)64-56)60(53)46-22-20-38(45-32-63-50-19-17-16-18-43(45)50)28-47(46)61(48)54-34(3)24-41(25-35(54)4)58(10,11)12/h16-33H,1-15H3. The van der Waals surface area contributed by atoms with E-state index < -0.39 is 0 Å². The molecule has 324 valence electrons. The topological polar surface area (TPSA) is 32.8 Å². The van der Waals surface area contributed by atoms with E-state index in [-0.39, 0.29) is 28.9 Å². The number of nitrogens with zero attached hydrogens (tertiary/aromatic N) is 2. The lowest BCUT2D eigenvalue weighted by Crippen LogP contribution is -2.61. The molecule has 0 saturated heterocycles. The Morgan fingerprint density at radius 3 is 1.66 bits per heavy atom. The van der Waals surface area contributed by atoms with Gasteiger partial charge in [0.15, 0.2) is 0 Å². The molecule has 64 heavy (non-hydrogen) atoms. The molecular formula is C59H63BN2O2. The van der Waals surface area contributed by atoms with Gasteiger partial charge in [-0.25, -0.2) is 0 Å². The van der Waals surface area contributed by atoms with Crippen molar-refractivity contribution in [2.45, 2.75) is 126 Å². The molecule has 0 bridgehead atoms. The fraction of sp³-hybridized carbons (Fsp3) is 0.322. The molecule has 5 heteroatoms. The van der Waals surface area contributed by atoms with Gasteiger partial charge in [0.25, 0.3) is 6.71 Å². The van der Waals surface area contributed by atoms with Crippen LogP contribution in [-0.2, 0) is 16.2 Å². The van der Waals surface area contributed by atoms with E-state index in [0.717, 1.165) is 33.6 Å². The van der Waals surface area contributed by atoms with Crippen LogP contribution >= 0.6 is 0 Å². The van der Waals surface area contributed by atoms with E-state index in [1.54, 1.807) is 0 Å². The first-order valence-corrected chi connectivity index (χ1v) is 23.3. The predicted molar refractivity (Wildman–Crippen MR) is 275 cm³/mol. The molecule has 0 fully saturated rings. The van der Waals surface area contributed by atoms with Gasteiger partial charge in [-0.2, -0.15) is 0 Å². The fourth-order valence-corrected chi connectivity index (χ4v) is 10.6. The van der Waals surface area contributed by atoms with E-state index in [2.05, 4.69) is 205 Å². The highest BCUT2D eigenvalue weighted by Crippen LogP contribution is 2.51. The van der Waals surface area contributed by atoms with Crippen LogP contribution in [0.15, 0.2) is 112 Å². The Labute approximate surface area is 381 Å². The van der Waals surface area contributed by atoms with E-state index in [1.807, 2.05) is 12.3 Å². The third-order valence-corrected chi connectivity index (χ3v) is 14.2. The second-order valence-electron chi connectivity index (χ2n) is 22.3. The first kappa shape index (κ1) is 42.0. The maximum atomic E-state index is 7.33. The van der Waals surface area contributed by atoms with Gasteiger partial charge < -0.3 is 13.7 Å². The summed E-state index contributed by atoms with van der Waals surface area (Å²) < 4.78 is 13.5. The Balaban J connectivity index is 1.36. The minimum absolute atomic E-state index is 0.00852. The first-order chi connectivity index (χ1) is 30.1. The number of hydrogen-bond acceptors (Lipinski definition) is 4. The largest absolute Gasteiger partial charge is 0.464 e. The molecule has 0 aliphatic carbocycles. The number of hydrogen-bond donors (Lipinski definition) is 0. The zero-order valence-corrected chi connectivity index (χ0v) is 40.7. The number of furan rings is 2. The van der Waals surface area contributed by atoms with Gasteiger partial charge >= 0.3 is 0 Å². The zero-order valence-electron chi connectivity index (χ0n) is 40.7. The normalized spacial score (nSPS) is 13.9. The number of para-hydroxylation sites is 1. The molecule has 0 N–H and O–H groups in total. The first-order valence-electron chi connectivity index (χ1n) is 23.3. The van der Waals surface area contributed by atoms with E-state index in [4.69, 9.17) is 8.83 Å². The third-order valence-electron chi connectivity index (χ3n) is 14.2. The Bertz CT molecular complexity index is 3160. The molecule has 4 nitrogen and oxygen atoms in total. The second kappa shape index (κ2) is 14.3. The second-order valence-corrected chi connectivity index (χ2v) is 22.3. The van der Waals surface area contributed by atoms with Crippen LogP contribution in [0.3, 0.4) is 0 Å². The molecule has 0 atom stereocenters. The molecule has 0 unspecified atom stereocenters. The average Bonchev–Trinajstić information content (AvgIpc) is 3.82. The van der Waals surface area contributed by atoms with E-state index in [0.29, 0.717) is 0 Å². The fourth-order valence-electron chi connectivity index (χ4n) is 10.6. The van der Waals surface area contributed by atoms with Gasteiger partial charge in [-0.15, -0.1) is 0 Å². The molecule has 2 aliphatic heterocycles. The number of fused-ring (bicyclic) bond motifs is 7. The van der Waals surface area contributed by atoms with Crippen molar-refractivity contribution in [1.82, 2.24) is 0 Å². The average molecular weight is 843 g/mol. The lowest BCUT2D eigenvalue weighted by molar-refractivity contribution is 0.588. The Kier molecular flexibility index (Phi) is 9.38. The van der Waals surface area contributed by atoms with Crippen molar-refractivity contribution < 1.29 is 8.83 Å². The lowest BCUT2D eigenvalue weighted by atomic mass is 9.33. The van der Waals surface area contributed by atoms with Crippen LogP contribution < -0.4 is 26.2 Å². The molecule has 2 aromatic heterocycles. The molecule has 6 aromatic carbocycles. The molecule has 4 heterocycles. The monoisotopic (exact) mass is 842 g/mol. The van der Waals surface area contributed by atoms with Crippen molar-refractivity contribution in [3.05, 3.63) is 148 Å². The maximum Gasteiger partial charge on any atom is 0.257 e. The molecule has 0 saturated carbocycles. The van der Waals surface area contributed by atoms with Crippen LogP contribution in [0.5, 0.6) is 0 Å². The van der Waals surface area contributed by atoms with Crippen LogP contribution in [0.25, 0.3) is 33.1 Å². The summed E-state index contributed by atoms with van der Waals surface area (Å²) in [6, 6.07) is 37.1. The summed E-state index contributed by atoms with van der Waals surface area (Å²) >= 11 is 0. The summed E-state index contributed by atoms with van der Waals surface area (Å²) in [5.74, 6) is 1.18. The molecule has 8 aromatic rings. The van der Waals surface area contributed by atoms with Crippen LogP contribution in [0.2, 0.25) is 0 Å². The van der Waals surface area contributed by atoms with Crippen LogP contribution in [0, 0.1) is 27.7 Å². The smallest absolute Gasteiger partial charge is 0.257 e. The summed E-state index contributed by atoms with van der Waals surface area (Å²) in [5.41, 5.74) is 24.1. The number of aryl methyl sites for hydroxylation is 4. The Morgan fingerprint density at radius 2 is 1.08 bits per heavy atom. The van der Waals surface area contributed by atoms with Gasteiger partial charge in [0.05, 0.1) is 17.6 Å². The van der Waals surface area contributed by atoms with Gasteiger partial charge in [0, 0.05) is 38.9 Å². The van der Waals surface area contributed by atoms with Crippen LogP contribution in [0.1, 0.15) is 127 Å². The van der Waals surface area contributed by atoms with Gasteiger partial charge in [0.2, 0.25) is 5.88 Å². The maximum absolute atomic E-state index is 7.33. The molecule has 0 radical (unpaired) electrons. The number of benzene rings is 6. The number of rotatable bonds is 4.